The van der Waals surface area contributed by atoms with Crippen molar-refractivity contribution >= 4 is 9.76 Å². The molecule has 0 spiro atoms. The van der Waals surface area contributed by atoms with Gasteiger partial charge in [0.2, 0.25) is 0 Å². The van der Waals surface area contributed by atoms with Crippen LogP contribution in [0, 0.1) is 12.3 Å². The summed E-state index contributed by atoms with van der Waals surface area (Å²) in [5.74, 6) is 2.08. The molecule has 0 amide bonds. The van der Waals surface area contributed by atoms with E-state index in [9.17, 15) is 0 Å². The third kappa shape index (κ3) is 9.70. The second kappa shape index (κ2) is 7.80. The van der Waals surface area contributed by atoms with E-state index < -0.39 is 6.10 Å². The first-order valence-electron chi connectivity index (χ1n) is 3.99. The van der Waals surface area contributed by atoms with E-state index in [1.54, 1.807) is 6.92 Å². The van der Waals surface area contributed by atoms with Gasteiger partial charge in [-0.3, -0.25) is 0 Å². The highest BCUT2D eigenvalue weighted by Crippen LogP contribution is 2.01. The number of aliphatic hydroxyl groups is 1. The van der Waals surface area contributed by atoms with Crippen molar-refractivity contribution in [3.05, 3.63) is 0 Å². The van der Waals surface area contributed by atoms with Crippen LogP contribution < -0.4 is 0 Å². The smallest absolute Gasteiger partial charge is 0.161 e. The van der Waals surface area contributed by atoms with Crippen molar-refractivity contribution in [1.29, 1.82) is 0 Å². The third-order valence-electron chi connectivity index (χ3n) is 1.32. The molecule has 64 valence electrons. The molecule has 1 fully saturated rings. The standard InChI is InChI=1S/C4H10OSi.C4H6O/c1-2-4-6-5-3-1;1-3-4(2)5/h1-4,6H2;1,4-5H,2H3. The Bertz CT molecular complexity index is 102. The fraction of sp³-hybridized carbons (Fsp3) is 0.750. The van der Waals surface area contributed by atoms with Gasteiger partial charge in [0.25, 0.3) is 0 Å². The van der Waals surface area contributed by atoms with Gasteiger partial charge in [-0.2, -0.15) is 0 Å². The van der Waals surface area contributed by atoms with Crippen LogP contribution in [-0.4, -0.2) is 27.6 Å². The van der Waals surface area contributed by atoms with E-state index in [0.29, 0.717) is 0 Å². The lowest BCUT2D eigenvalue weighted by atomic mass is 10.4. The molecule has 3 heteroatoms. The van der Waals surface area contributed by atoms with Gasteiger partial charge in [0.15, 0.2) is 9.76 Å². The van der Waals surface area contributed by atoms with Crippen LogP contribution in [0.3, 0.4) is 0 Å². The maximum Gasteiger partial charge on any atom is 0.161 e. The molecule has 1 saturated heterocycles. The van der Waals surface area contributed by atoms with Crippen LogP contribution in [0.2, 0.25) is 6.04 Å². The van der Waals surface area contributed by atoms with E-state index in [4.69, 9.17) is 9.53 Å². The van der Waals surface area contributed by atoms with Crippen LogP contribution in [0.15, 0.2) is 0 Å². The summed E-state index contributed by atoms with van der Waals surface area (Å²) >= 11 is 0. The minimum atomic E-state index is -0.588. The Morgan fingerprint density at radius 2 is 2.27 bits per heavy atom. The molecule has 1 aliphatic rings. The molecule has 0 aliphatic carbocycles. The summed E-state index contributed by atoms with van der Waals surface area (Å²) in [6, 6.07) is 1.42. The highest BCUT2D eigenvalue weighted by molar-refractivity contribution is 6.27. The molecule has 0 saturated carbocycles. The molecule has 0 aromatic rings. The van der Waals surface area contributed by atoms with Crippen molar-refractivity contribution < 1.29 is 9.53 Å². The Kier molecular flexibility index (Phi) is 7.59. The summed E-state index contributed by atoms with van der Waals surface area (Å²) in [7, 11) is 0.00849. The lowest BCUT2D eigenvalue weighted by Crippen LogP contribution is -2.06. The molecule has 0 aromatic carbocycles. The normalized spacial score (nSPS) is 21.2. The van der Waals surface area contributed by atoms with Crippen molar-refractivity contribution in [2.24, 2.45) is 0 Å². The van der Waals surface area contributed by atoms with Gasteiger partial charge in [-0.05, 0) is 19.4 Å². The van der Waals surface area contributed by atoms with Gasteiger partial charge in [0.1, 0.15) is 6.10 Å². The highest BCUT2D eigenvalue weighted by atomic mass is 28.2. The van der Waals surface area contributed by atoms with Crippen LogP contribution in [0.1, 0.15) is 19.8 Å². The Labute approximate surface area is 70.9 Å². The van der Waals surface area contributed by atoms with Crippen LogP contribution in [0.5, 0.6) is 0 Å². The lowest BCUT2D eigenvalue weighted by molar-refractivity contribution is 0.253. The zero-order valence-corrected chi connectivity index (χ0v) is 8.46. The first-order chi connectivity index (χ1) is 5.27. The molecule has 1 rings (SSSR count). The number of hydrogen-bond donors (Lipinski definition) is 1. The van der Waals surface area contributed by atoms with E-state index in [1.165, 1.54) is 18.9 Å². The van der Waals surface area contributed by atoms with Crippen molar-refractivity contribution in [2.75, 3.05) is 6.61 Å². The van der Waals surface area contributed by atoms with E-state index in [-0.39, 0.29) is 9.76 Å². The maximum absolute atomic E-state index is 8.12. The van der Waals surface area contributed by atoms with Crippen LogP contribution in [-0.2, 0) is 4.43 Å². The van der Waals surface area contributed by atoms with Gasteiger partial charge in [0.05, 0.1) is 0 Å². The minimum Gasteiger partial charge on any atom is -0.424 e. The van der Waals surface area contributed by atoms with E-state index in [1.807, 2.05) is 0 Å². The number of rotatable bonds is 0. The Balaban J connectivity index is 0.000000187. The molecule has 0 bridgehead atoms. The predicted molar refractivity (Wildman–Crippen MR) is 49.1 cm³/mol. The van der Waals surface area contributed by atoms with Crippen molar-refractivity contribution in [3.8, 4) is 12.3 Å². The molecule has 1 aliphatic heterocycles. The number of terminal acetylenes is 1. The topological polar surface area (TPSA) is 29.5 Å². The average Bonchev–Trinajstić information content (AvgIpc) is 2.09. The molecule has 1 unspecified atom stereocenters. The summed E-state index contributed by atoms with van der Waals surface area (Å²) in [5.41, 5.74) is 0. The molecule has 1 atom stereocenters. The fourth-order valence-electron chi connectivity index (χ4n) is 0.687. The van der Waals surface area contributed by atoms with Gasteiger partial charge in [-0.15, -0.1) is 6.42 Å². The molecule has 11 heavy (non-hydrogen) atoms. The largest absolute Gasteiger partial charge is 0.424 e. The Morgan fingerprint density at radius 1 is 1.64 bits per heavy atom. The predicted octanol–water partition coefficient (Wildman–Crippen LogP) is 0.299. The Hall–Kier alpha value is -0.303. The maximum atomic E-state index is 8.12. The highest BCUT2D eigenvalue weighted by Gasteiger charge is 1.96. The molecule has 1 N–H and O–H groups in total. The molecule has 1 heterocycles. The van der Waals surface area contributed by atoms with Crippen molar-refractivity contribution in [1.82, 2.24) is 0 Å². The SMILES string of the molecule is C#CC(C)O.C1CC[SiH2]OC1. The van der Waals surface area contributed by atoms with Crippen LogP contribution >= 0.6 is 0 Å². The minimum absolute atomic E-state index is 0.00849. The third-order valence-corrected chi connectivity index (χ3v) is 2.68. The first kappa shape index (κ1) is 10.7. The second-order valence-corrected chi connectivity index (χ2v) is 4.04. The average molecular weight is 172 g/mol. The summed E-state index contributed by atoms with van der Waals surface area (Å²) in [4.78, 5) is 0. The summed E-state index contributed by atoms with van der Waals surface area (Å²) in [5, 5.41) is 8.12. The quantitative estimate of drug-likeness (QED) is 0.421. The zero-order valence-electron chi connectivity index (χ0n) is 7.05. The molecular formula is C8H16O2Si. The van der Waals surface area contributed by atoms with Crippen molar-refractivity contribution in [3.63, 3.8) is 0 Å². The van der Waals surface area contributed by atoms with Gasteiger partial charge in [0, 0.05) is 6.61 Å². The van der Waals surface area contributed by atoms with Crippen molar-refractivity contribution in [2.45, 2.75) is 31.9 Å². The lowest BCUT2D eigenvalue weighted by Gasteiger charge is -2.07. The van der Waals surface area contributed by atoms with Gasteiger partial charge in [-0.25, -0.2) is 0 Å². The Morgan fingerprint density at radius 3 is 2.36 bits per heavy atom. The first-order valence-corrected chi connectivity index (χ1v) is 5.57. The fourth-order valence-corrected chi connectivity index (χ4v) is 1.86. The molecule has 0 aromatic heterocycles. The number of aliphatic hydroxyl groups excluding tert-OH is 1. The van der Waals surface area contributed by atoms with E-state index >= 15 is 0 Å². The van der Waals surface area contributed by atoms with Crippen LogP contribution in [0.4, 0.5) is 0 Å². The van der Waals surface area contributed by atoms with Gasteiger partial charge >= 0.3 is 0 Å². The van der Waals surface area contributed by atoms with E-state index in [0.717, 1.165) is 6.61 Å². The summed E-state index contributed by atoms with van der Waals surface area (Å²) in [6.07, 6.45) is 6.83. The molecular weight excluding hydrogens is 156 g/mol. The van der Waals surface area contributed by atoms with Gasteiger partial charge < -0.3 is 9.53 Å². The molecule has 2 nitrogen and oxygen atoms in total. The summed E-state index contributed by atoms with van der Waals surface area (Å²) in [6.45, 7) is 2.60. The molecule has 0 radical (unpaired) electrons. The zero-order chi connectivity index (χ0) is 8.53. The summed E-state index contributed by atoms with van der Waals surface area (Å²) < 4.78 is 5.21. The number of hydrogen-bond acceptors (Lipinski definition) is 2. The van der Waals surface area contributed by atoms with Gasteiger partial charge in [-0.1, -0.05) is 12.3 Å². The van der Waals surface area contributed by atoms with Crippen LogP contribution in [0.25, 0.3) is 0 Å². The monoisotopic (exact) mass is 172 g/mol. The van der Waals surface area contributed by atoms with E-state index in [2.05, 4.69) is 12.3 Å². The second-order valence-electron chi connectivity index (χ2n) is 2.52.